The van der Waals surface area contributed by atoms with Crippen LogP contribution in [0, 0.1) is 30.5 Å². The maximum Gasteiger partial charge on any atom is 0.252 e. The molecule has 1 heterocycles. The molecule has 0 N–H and O–H groups in total. The third-order valence-electron chi connectivity index (χ3n) is 1.22. The van der Waals surface area contributed by atoms with Crippen LogP contribution in [0.3, 0.4) is 0 Å². The fourth-order valence-corrected chi connectivity index (χ4v) is 0.590. The van der Waals surface area contributed by atoms with Crippen molar-refractivity contribution in [3.63, 3.8) is 0 Å². The summed E-state index contributed by atoms with van der Waals surface area (Å²) < 4.78 is 48.9. The fourth-order valence-electron chi connectivity index (χ4n) is 0.590. The lowest BCUT2D eigenvalue weighted by molar-refractivity contribution is 0.399. The normalized spacial score (nSPS) is 10.3. The van der Waals surface area contributed by atoms with E-state index in [1.54, 1.807) is 0 Å². The summed E-state index contributed by atoms with van der Waals surface area (Å²) in [5, 5.41) is 0. The second-order valence-corrected chi connectivity index (χ2v) is 1.95. The van der Waals surface area contributed by atoms with Crippen molar-refractivity contribution >= 4 is 0 Å². The van der Waals surface area contributed by atoms with Gasteiger partial charge in [-0.2, -0.15) is 13.8 Å². The van der Waals surface area contributed by atoms with Gasteiger partial charge in [-0.25, -0.2) is 8.78 Å². The molecule has 0 amide bonds. The minimum Gasteiger partial charge on any atom is -0.202 e. The molecule has 0 aromatic carbocycles. The van der Waals surface area contributed by atoms with Crippen molar-refractivity contribution in [3.05, 3.63) is 29.1 Å². The molecule has 0 radical (unpaired) electrons. The summed E-state index contributed by atoms with van der Waals surface area (Å²) in [6.07, 6.45) is 0. The summed E-state index contributed by atoms with van der Waals surface area (Å²) in [7, 11) is 0. The van der Waals surface area contributed by atoms with Gasteiger partial charge in [0.1, 0.15) is 0 Å². The Hall–Kier alpha value is -1.13. The maximum atomic E-state index is 12.3. The third kappa shape index (κ3) is 1.18. The van der Waals surface area contributed by atoms with E-state index in [-0.39, 0.29) is 0 Å². The van der Waals surface area contributed by atoms with E-state index in [1.165, 1.54) is 0 Å². The van der Waals surface area contributed by atoms with E-state index in [4.69, 9.17) is 0 Å². The smallest absolute Gasteiger partial charge is 0.202 e. The summed E-state index contributed by atoms with van der Waals surface area (Å²) in [6.45, 7) is 0.929. The second kappa shape index (κ2) is 2.48. The summed E-state index contributed by atoms with van der Waals surface area (Å²) in [6, 6.07) is 0. The first-order chi connectivity index (χ1) is 5.04. The lowest BCUT2D eigenvalue weighted by Gasteiger charge is -1.98. The van der Waals surface area contributed by atoms with Gasteiger partial charge in [0.25, 0.3) is 11.9 Å². The molecule has 1 aromatic rings. The fraction of sp³-hybridized carbons (Fsp3) is 0.167. The monoisotopic (exact) mass is 165 g/mol. The van der Waals surface area contributed by atoms with E-state index in [0.29, 0.717) is 0 Å². The minimum atomic E-state index is -1.62. The highest BCUT2D eigenvalue weighted by atomic mass is 19.2. The Morgan fingerprint density at radius 2 is 1.27 bits per heavy atom. The van der Waals surface area contributed by atoms with E-state index in [9.17, 15) is 17.6 Å². The molecule has 0 saturated carbocycles. The number of rotatable bonds is 0. The Kier molecular flexibility index (Phi) is 1.80. The molecule has 0 atom stereocenters. The highest BCUT2D eigenvalue weighted by molar-refractivity contribution is 5.14. The highest BCUT2D eigenvalue weighted by Gasteiger charge is 2.16. The molecule has 0 bridgehead atoms. The first-order valence-electron chi connectivity index (χ1n) is 2.70. The van der Waals surface area contributed by atoms with Crippen molar-refractivity contribution in [3.8, 4) is 0 Å². The van der Waals surface area contributed by atoms with E-state index < -0.39 is 29.1 Å². The van der Waals surface area contributed by atoms with Crippen LogP contribution in [0.4, 0.5) is 17.6 Å². The molecule has 0 spiro atoms. The molecule has 0 fully saturated rings. The van der Waals surface area contributed by atoms with Crippen LogP contribution in [0.1, 0.15) is 5.56 Å². The van der Waals surface area contributed by atoms with Gasteiger partial charge in [-0.1, -0.05) is 0 Å². The Labute approximate surface area is 59.7 Å². The van der Waals surface area contributed by atoms with Gasteiger partial charge in [0.05, 0.1) is 0 Å². The summed E-state index contributed by atoms with van der Waals surface area (Å²) in [4.78, 5) is 2.35. The van der Waals surface area contributed by atoms with Gasteiger partial charge in [0, 0.05) is 5.56 Å². The van der Waals surface area contributed by atoms with Gasteiger partial charge < -0.3 is 0 Å². The van der Waals surface area contributed by atoms with Gasteiger partial charge in [0.2, 0.25) is 0 Å². The van der Waals surface area contributed by atoms with Crippen LogP contribution in [-0.4, -0.2) is 4.98 Å². The molecule has 1 aromatic heterocycles. The molecule has 0 aliphatic carbocycles. The van der Waals surface area contributed by atoms with Gasteiger partial charge in [-0.3, -0.25) is 0 Å². The van der Waals surface area contributed by atoms with Crippen molar-refractivity contribution < 1.29 is 17.6 Å². The lowest BCUT2D eigenvalue weighted by atomic mass is 10.3. The summed E-state index contributed by atoms with van der Waals surface area (Å²) in [5.74, 6) is -6.16. The third-order valence-corrected chi connectivity index (χ3v) is 1.22. The zero-order valence-electron chi connectivity index (χ0n) is 5.46. The number of aromatic nitrogens is 1. The molecule has 1 nitrogen and oxygen atoms in total. The number of hydrogen-bond donors (Lipinski definition) is 0. The Bertz CT molecular complexity index is 271. The van der Waals surface area contributed by atoms with Crippen LogP contribution in [-0.2, 0) is 0 Å². The average molecular weight is 165 g/mol. The number of hydrogen-bond acceptors (Lipinski definition) is 1. The molecule has 11 heavy (non-hydrogen) atoms. The zero-order chi connectivity index (χ0) is 8.59. The molecule has 60 valence electrons. The van der Waals surface area contributed by atoms with Gasteiger partial charge in [-0.05, 0) is 6.92 Å². The Balaban J connectivity index is 3.46. The molecule has 0 saturated heterocycles. The summed E-state index contributed by atoms with van der Waals surface area (Å²) in [5.41, 5.74) is -0.699. The lowest BCUT2D eigenvalue weighted by Crippen LogP contribution is -2.02. The Morgan fingerprint density at radius 3 is 1.64 bits per heavy atom. The van der Waals surface area contributed by atoms with Crippen LogP contribution in [0.25, 0.3) is 0 Å². The van der Waals surface area contributed by atoms with Crippen molar-refractivity contribution in [1.29, 1.82) is 0 Å². The standard InChI is InChI=1S/C6H3F4N/c1-2-3(7)5(9)11-6(10)4(2)8/h1H3. The van der Waals surface area contributed by atoms with Crippen molar-refractivity contribution in [2.24, 2.45) is 0 Å². The molecule has 0 aliphatic heterocycles. The number of halogens is 4. The quantitative estimate of drug-likeness (QED) is 0.423. The van der Waals surface area contributed by atoms with E-state index in [2.05, 4.69) is 4.98 Å². The largest absolute Gasteiger partial charge is 0.252 e. The molecule has 0 aliphatic rings. The highest BCUT2D eigenvalue weighted by Crippen LogP contribution is 2.14. The molecule has 1 rings (SSSR count). The first kappa shape index (κ1) is 7.97. The van der Waals surface area contributed by atoms with Crippen LogP contribution in [0.2, 0.25) is 0 Å². The van der Waals surface area contributed by atoms with E-state index >= 15 is 0 Å². The average Bonchev–Trinajstić information content (AvgIpc) is 1.97. The van der Waals surface area contributed by atoms with Gasteiger partial charge in [-0.15, -0.1) is 0 Å². The number of nitrogens with zero attached hydrogens (tertiary/aromatic N) is 1. The molecular formula is C6H3F4N. The van der Waals surface area contributed by atoms with Crippen molar-refractivity contribution in [2.75, 3.05) is 0 Å². The molecular weight excluding hydrogens is 162 g/mol. The first-order valence-corrected chi connectivity index (χ1v) is 2.70. The van der Waals surface area contributed by atoms with Crippen molar-refractivity contribution in [2.45, 2.75) is 6.92 Å². The topological polar surface area (TPSA) is 12.9 Å². The molecule has 0 unspecified atom stereocenters. The van der Waals surface area contributed by atoms with Crippen LogP contribution in [0.5, 0.6) is 0 Å². The second-order valence-electron chi connectivity index (χ2n) is 1.95. The predicted octanol–water partition coefficient (Wildman–Crippen LogP) is 1.95. The van der Waals surface area contributed by atoms with E-state index in [0.717, 1.165) is 6.92 Å². The van der Waals surface area contributed by atoms with E-state index in [1.807, 2.05) is 0 Å². The van der Waals surface area contributed by atoms with Crippen LogP contribution < -0.4 is 0 Å². The zero-order valence-corrected chi connectivity index (χ0v) is 5.46. The predicted molar refractivity (Wildman–Crippen MR) is 28.8 cm³/mol. The van der Waals surface area contributed by atoms with Crippen LogP contribution >= 0.6 is 0 Å². The van der Waals surface area contributed by atoms with Gasteiger partial charge >= 0.3 is 0 Å². The van der Waals surface area contributed by atoms with Gasteiger partial charge in [0.15, 0.2) is 11.6 Å². The van der Waals surface area contributed by atoms with Crippen LogP contribution in [0.15, 0.2) is 0 Å². The number of pyridine rings is 1. The molecule has 5 heteroatoms. The summed E-state index contributed by atoms with van der Waals surface area (Å²) >= 11 is 0. The van der Waals surface area contributed by atoms with Crippen molar-refractivity contribution in [1.82, 2.24) is 4.98 Å². The minimum absolute atomic E-state index is 0.699. The SMILES string of the molecule is Cc1c(F)c(F)nc(F)c1F. The maximum absolute atomic E-state index is 12.3. The Morgan fingerprint density at radius 1 is 0.909 bits per heavy atom.